The third-order valence-electron chi connectivity index (χ3n) is 4.32. The van der Waals surface area contributed by atoms with Gasteiger partial charge in [0, 0.05) is 10.8 Å². The molecule has 0 aliphatic carbocycles. The first-order valence-electron chi connectivity index (χ1n) is 8.02. The summed E-state index contributed by atoms with van der Waals surface area (Å²) < 4.78 is 15.7. The van der Waals surface area contributed by atoms with Crippen molar-refractivity contribution in [3.8, 4) is 0 Å². The van der Waals surface area contributed by atoms with Crippen molar-refractivity contribution in [1.29, 1.82) is 0 Å². The predicted octanol–water partition coefficient (Wildman–Crippen LogP) is 4.42. The summed E-state index contributed by atoms with van der Waals surface area (Å²) in [6.45, 7) is 2.06. The molecule has 0 saturated heterocycles. The van der Waals surface area contributed by atoms with Crippen LogP contribution in [0.3, 0.4) is 0 Å². The van der Waals surface area contributed by atoms with Gasteiger partial charge in [-0.05, 0) is 54.6 Å². The number of pyridine rings is 1. The second kappa shape index (κ2) is 5.74. The summed E-state index contributed by atoms with van der Waals surface area (Å²) in [7, 11) is 0. The summed E-state index contributed by atoms with van der Waals surface area (Å²) in [5.74, 6) is -0.318. The standard InChI is InChI=1S/C19H12FN5S/c1-11-8-17-23-24-19(25(17)16-5-3-2-4-13(11)16)26-18-14-9-12(20)6-7-15(14)21-10-22-18/h2-10H,1H3. The first-order chi connectivity index (χ1) is 12.7. The molecule has 0 aliphatic rings. The minimum atomic E-state index is -0.318. The number of nitrogens with zero attached hydrogens (tertiary/aromatic N) is 5. The van der Waals surface area contributed by atoms with Crippen molar-refractivity contribution < 1.29 is 4.39 Å². The molecule has 7 heteroatoms. The van der Waals surface area contributed by atoms with Crippen LogP contribution in [0.1, 0.15) is 5.56 Å². The summed E-state index contributed by atoms with van der Waals surface area (Å²) in [5, 5.41) is 11.8. The zero-order valence-corrected chi connectivity index (χ0v) is 14.5. The molecule has 0 spiro atoms. The van der Waals surface area contributed by atoms with Gasteiger partial charge in [0.15, 0.2) is 5.65 Å². The molecule has 0 saturated carbocycles. The van der Waals surface area contributed by atoms with Crippen molar-refractivity contribution in [3.63, 3.8) is 0 Å². The van der Waals surface area contributed by atoms with Crippen molar-refractivity contribution in [2.75, 3.05) is 0 Å². The average Bonchev–Trinajstić information content (AvgIpc) is 3.05. The van der Waals surface area contributed by atoms with E-state index in [1.807, 2.05) is 28.7 Å². The topological polar surface area (TPSA) is 56.0 Å². The average molecular weight is 361 g/mol. The maximum absolute atomic E-state index is 13.7. The third kappa shape index (κ3) is 2.32. The number of hydrogen-bond donors (Lipinski definition) is 0. The lowest BCUT2D eigenvalue weighted by molar-refractivity contribution is 0.629. The summed E-state index contributed by atoms with van der Waals surface area (Å²) >= 11 is 1.35. The number of para-hydroxylation sites is 1. The minimum absolute atomic E-state index is 0.318. The zero-order chi connectivity index (χ0) is 17.7. The van der Waals surface area contributed by atoms with Crippen LogP contribution in [0.5, 0.6) is 0 Å². The van der Waals surface area contributed by atoms with Gasteiger partial charge in [0.25, 0.3) is 0 Å². The van der Waals surface area contributed by atoms with Gasteiger partial charge in [0.2, 0.25) is 5.16 Å². The fourth-order valence-electron chi connectivity index (χ4n) is 3.11. The summed E-state index contributed by atoms with van der Waals surface area (Å²) in [6, 6.07) is 14.6. The van der Waals surface area contributed by atoms with Crippen LogP contribution in [0.25, 0.3) is 27.5 Å². The Morgan fingerprint density at radius 1 is 0.962 bits per heavy atom. The molecular formula is C19H12FN5S. The Balaban J connectivity index is 1.74. The van der Waals surface area contributed by atoms with Crippen LogP contribution in [0.2, 0.25) is 0 Å². The highest BCUT2D eigenvalue weighted by Gasteiger charge is 2.14. The molecular weight excluding hydrogens is 349 g/mol. The Morgan fingerprint density at radius 2 is 1.85 bits per heavy atom. The van der Waals surface area contributed by atoms with Gasteiger partial charge in [0.1, 0.15) is 17.2 Å². The summed E-state index contributed by atoms with van der Waals surface area (Å²) in [5.41, 5.74) is 3.64. The number of fused-ring (bicyclic) bond motifs is 4. The molecule has 0 atom stereocenters. The van der Waals surface area contributed by atoms with Crippen molar-refractivity contribution >= 4 is 39.2 Å². The first kappa shape index (κ1) is 15.2. The van der Waals surface area contributed by atoms with E-state index in [4.69, 9.17) is 0 Å². The van der Waals surface area contributed by atoms with Gasteiger partial charge in [-0.15, -0.1) is 10.2 Å². The highest BCUT2D eigenvalue weighted by molar-refractivity contribution is 7.99. The number of hydrogen-bond acceptors (Lipinski definition) is 5. The molecule has 26 heavy (non-hydrogen) atoms. The predicted molar refractivity (Wildman–Crippen MR) is 98.8 cm³/mol. The van der Waals surface area contributed by atoms with Crippen molar-refractivity contribution in [3.05, 3.63) is 66.2 Å². The van der Waals surface area contributed by atoms with Crippen LogP contribution >= 0.6 is 11.8 Å². The Labute approximate surface area is 151 Å². The number of aryl methyl sites for hydroxylation is 1. The molecule has 5 nitrogen and oxygen atoms in total. The lowest BCUT2D eigenvalue weighted by Crippen LogP contribution is -1.94. The van der Waals surface area contributed by atoms with E-state index in [0.717, 1.165) is 22.1 Å². The first-order valence-corrected chi connectivity index (χ1v) is 8.84. The molecule has 0 radical (unpaired) electrons. The van der Waals surface area contributed by atoms with E-state index >= 15 is 0 Å². The molecule has 3 heterocycles. The van der Waals surface area contributed by atoms with E-state index in [1.54, 1.807) is 6.07 Å². The monoisotopic (exact) mass is 361 g/mol. The Bertz CT molecular complexity index is 1300. The number of benzene rings is 2. The SMILES string of the molecule is Cc1cc2nnc(Sc3ncnc4ccc(F)cc34)n2c2ccccc12. The fourth-order valence-corrected chi connectivity index (χ4v) is 4.02. The van der Waals surface area contributed by atoms with Crippen LogP contribution in [0.15, 0.2) is 65.0 Å². The van der Waals surface area contributed by atoms with E-state index in [2.05, 4.69) is 33.2 Å². The lowest BCUT2D eigenvalue weighted by Gasteiger charge is -2.08. The van der Waals surface area contributed by atoms with E-state index < -0.39 is 0 Å². The van der Waals surface area contributed by atoms with Crippen LogP contribution < -0.4 is 0 Å². The molecule has 0 unspecified atom stereocenters. The Hall–Kier alpha value is -3.06. The zero-order valence-electron chi connectivity index (χ0n) is 13.7. The molecule has 126 valence electrons. The molecule has 0 N–H and O–H groups in total. The third-order valence-corrected chi connectivity index (χ3v) is 5.29. The smallest absolute Gasteiger partial charge is 0.202 e. The van der Waals surface area contributed by atoms with E-state index in [9.17, 15) is 4.39 Å². The summed E-state index contributed by atoms with van der Waals surface area (Å²) in [4.78, 5) is 8.53. The van der Waals surface area contributed by atoms with Crippen LogP contribution in [0, 0.1) is 12.7 Å². The molecule has 2 aromatic carbocycles. The van der Waals surface area contributed by atoms with Gasteiger partial charge >= 0.3 is 0 Å². The minimum Gasteiger partial charge on any atom is -0.270 e. The van der Waals surface area contributed by atoms with Gasteiger partial charge in [-0.25, -0.2) is 14.4 Å². The highest BCUT2D eigenvalue weighted by Crippen LogP contribution is 2.32. The Kier molecular flexibility index (Phi) is 3.36. The van der Waals surface area contributed by atoms with Crippen molar-refractivity contribution in [2.45, 2.75) is 17.1 Å². The van der Waals surface area contributed by atoms with E-state index in [1.165, 1.54) is 30.2 Å². The fraction of sp³-hybridized carbons (Fsp3) is 0.0526. The van der Waals surface area contributed by atoms with Crippen LogP contribution in [0.4, 0.5) is 4.39 Å². The van der Waals surface area contributed by atoms with Gasteiger partial charge in [-0.2, -0.15) is 0 Å². The van der Waals surface area contributed by atoms with Crippen LogP contribution in [-0.4, -0.2) is 24.6 Å². The number of rotatable bonds is 2. The van der Waals surface area contributed by atoms with Crippen molar-refractivity contribution in [1.82, 2.24) is 24.6 Å². The van der Waals surface area contributed by atoms with Crippen molar-refractivity contribution in [2.24, 2.45) is 0 Å². The number of aromatic nitrogens is 5. The van der Waals surface area contributed by atoms with Gasteiger partial charge in [-0.3, -0.25) is 4.40 Å². The van der Waals surface area contributed by atoms with E-state index in [-0.39, 0.29) is 5.82 Å². The van der Waals surface area contributed by atoms with Crippen LogP contribution in [-0.2, 0) is 0 Å². The van der Waals surface area contributed by atoms with Gasteiger partial charge < -0.3 is 0 Å². The maximum atomic E-state index is 13.7. The molecule has 5 aromatic rings. The molecule has 0 aliphatic heterocycles. The largest absolute Gasteiger partial charge is 0.270 e. The second-order valence-electron chi connectivity index (χ2n) is 5.96. The van der Waals surface area contributed by atoms with Gasteiger partial charge in [-0.1, -0.05) is 18.2 Å². The number of halogens is 1. The highest BCUT2D eigenvalue weighted by atomic mass is 32.2. The van der Waals surface area contributed by atoms with E-state index in [0.29, 0.717) is 21.1 Å². The molecule has 0 fully saturated rings. The normalized spacial score (nSPS) is 11.6. The Morgan fingerprint density at radius 3 is 2.77 bits per heavy atom. The van der Waals surface area contributed by atoms with Gasteiger partial charge in [0.05, 0.1) is 11.0 Å². The molecule has 0 bridgehead atoms. The lowest BCUT2D eigenvalue weighted by atomic mass is 10.1. The molecule has 3 aromatic heterocycles. The molecule has 0 amide bonds. The molecule has 5 rings (SSSR count). The quantitative estimate of drug-likeness (QED) is 0.436. The summed E-state index contributed by atoms with van der Waals surface area (Å²) in [6.07, 6.45) is 1.48. The second-order valence-corrected chi connectivity index (χ2v) is 6.92. The maximum Gasteiger partial charge on any atom is 0.202 e.